The second-order valence-electron chi connectivity index (χ2n) is 2.40. The summed E-state index contributed by atoms with van der Waals surface area (Å²) in [4.78, 5) is 0. The first-order valence-electron chi connectivity index (χ1n) is 3.71. The van der Waals surface area contributed by atoms with E-state index in [1.54, 1.807) is 7.05 Å². The third-order valence-corrected chi connectivity index (χ3v) is 1.87. The molecule has 0 bridgehead atoms. The van der Waals surface area contributed by atoms with Gasteiger partial charge in [0.25, 0.3) is 0 Å². The summed E-state index contributed by atoms with van der Waals surface area (Å²) >= 11 is 5.95. The molecule has 1 aromatic carbocycles. The molecule has 1 aromatic rings. The molecule has 64 valence electrons. The predicted octanol–water partition coefficient (Wildman–Crippen LogP) is 2.28. The highest BCUT2D eigenvalue weighted by atomic mass is 35.5. The molecule has 0 atom stereocenters. The van der Waals surface area contributed by atoms with Crippen LogP contribution >= 0.6 is 11.6 Å². The maximum Gasteiger partial charge on any atom is 0.0659 e. The summed E-state index contributed by atoms with van der Waals surface area (Å²) in [6.07, 6.45) is 0. The van der Waals surface area contributed by atoms with Crippen molar-refractivity contribution in [2.75, 3.05) is 7.05 Å². The molecule has 2 nitrogen and oxygen atoms in total. The van der Waals surface area contributed by atoms with E-state index in [4.69, 9.17) is 11.6 Å². The maximum atomic E-state index is 5.95. The number of rotatable bonds is 2. The van der Waals surface area contributed by atoms with Crippen molar-refractivity contribution in [1.29, 1.82) is 0 Å². The fourth-order valence-corrected chi connectivity index (χ4v) is 1.26. The van der Waals surface area contributed by atoms with Gasteiger partial charge in [-0.1, -0.05) is 29.8 Å². The summed E-state index contributed by atoms with van der Waals surface area (Å²) in [5.74, 6) is 0. The number of nitrogens with one attached hydrogen (secondary N) is 1. The highest BCUT2D eigenvalue weighted by Crippen LogP contribution is 2.15. The van der Waals surface area contributed by atoms with Gasteiger partial charge in [-0.3, -0.25) is 0 Å². The molecule has 12 heavy (non-hydrogen) atoms. The van der Waals surface area contributed by atoms with E-state index < -0.39 is 0 Å². The molecule has 0 spiro atoms. The Balaban J connectivity index is 3.02. The topological polar surface area (TPSA) is 24.4 Å². The van der Waals surface area contributed by atoms with Gasteiger partial charge in [0.15, 0.2) is 0 Å². The Hall–Kier alpha value is -1.02. The highest BCUT2D eigenvalue weighted by Gasteiger charge is 2.00. The van der Waals surface area contributed by atoms with Gasteiger partial charge in [-0.05, 0) is 13.0 Å². The van der Waals surface area contributed by atoms with E-state index in [9.17, 15) is 0 Å². The minimum Gasteiger partial charge on any atom is -0.313 e. The molecule has 0 amide bonds. The van der Waals surface area contributed by atoms with Crippen molar-refractivity contribution in [3.63, 3.8) is 0 Å². The van der Waals surface area contributed by atoms with Crippen LogP contribution in [0, 0.1) is 0 Å². The molecule has 0 aliphatic rings. The molecule has 3 heteroatoms. The van der Waals surface area contributed by atoms with Crippen molar-refractivity contribution in [3.8, 4) is 0 Å². The maximum absolute atomic E-state index is 5.95. The Morgan fingerprint density at radius 1 is 1.42 bits per heavy atom. The number of halogens is 1. The first-order valence-corrected chi connectivity index (χ1v) is 4.09. The first kappa shape index (κ1) is 9.07. The third-order valence-electron chi connectivity index (χ3n) is 1.54. The molecule has 0 aliphatic carbocycles. The van der Waals surface area contributed by atoms with Crippen molar-refractivity contribution < 1.29 is 0 Å². The molecule has 0 heterocycles. The van der Waals surface area contributed by atoms with Gasteiger partial charge in [0.1, 0.15) is 0 Å². The van der Waals surface area contributed by atoms with Crippen molar-refractivity contribution in [2.45, 2.75) is 6.92 Å². The van der Waals surface area contributed by atoms with Crippen LogP contribution in [0.15, 0.2) is 29.4 Å². The molecule has 0 aliphatic heterocycles. The number of nitrogens with zero attached hydrogens (tertiary/aromatic N) is 1. The van der Waals surface area contributed by atoms with Crippen molar-refractivity contribution in [2.24, 2.45) is 5.10 Å². The Kier molecular flexibility index (Phi) is 3.11. The second kappa shape index (κ2) is 4.12. The molecule has 0 aromatic heterocycles. The van der Waals surface area contributed by atoms with Crippen molar-refractivity contribution >= 4 is 17.3 Å². The van der Waals surface area contributed by atoms with Gasteiger partial charge in [-0.2, -0.15) is 5.10 Å². The Morgan fingerprint density at radius 2 is 2.08 bits per heavy atom. The number of hydrogen-bond acceptors (Lipinski definition) is 2. The molecule has 0 saturated carbocycles. The zero-order valence-corrected chi connectivity index (χ0v) is 7.89. The number of hydrazone groups is 1. The lowest BCUT2D eigenvalue weighted by atomic mass is 10.1. The zero-order chi connectivity index (χ0) is 8.97. The molecule has 0 fully saturated rings. The quantitative estimate of drug-likeness (QED) is 0.551. The first-order chi connectivity index (χ1) is 5.75. The molecule has 0 radical (unpaired) electrons. The number of hydrogen-bond donors (Lipinski definition) is 1. The Bertz CT molecular complexity index is 294. The van der Waals surface area contributed by atoms with Crippen LogP contribution in [-0.2, 0) is 0 Å². The van der Waals surface area contributed by atoms with E-state index in [1.165, 1.54) is 0 Å². The van der Waals surface area contributed by atoms with Crippen molar-refractivity contribution in [1.82, 2.24) is 5.43 Å². The van der Waals surface area contributed by atoms with Crippen LogP contribution < -0.4 is 5.43 Å². The summed E-state index contributed by atoms with van der Waals surface area (Å²) < 4.78 is 0. The van der Waals surface area contributed by atoms with E-state index in [1.807, 2.05) is 31.2 Å². The van der Waals surface area contributed by atoms with Gasteiger partial charge in [-0.15, -0.1) is 0 Å². The van der Waals surface area contributed by atoms with E-state index in [0.29, 0.717) is 0 Å². The van der Waals surface area contributed by atoms with Crippen LogP contribution in [0.5, 0.6) is 0 Å². The monoisotopic (exact) mass is 182 g/mol. The normalized spacial score (nSPS) is 11.4. The lowest BCUT2D eigenvalue weighted by Gasteiger charge is -2.01. The minimum absolute atomic E-state index is 0.731. The van der Waals surface area contributed by atoms with E-state index in [2.05, 4.69) is 10.5 Å². The van der Waals surface area contributed by atoms with Crippen LogP contribution in [0.3, 0.4) is 0 Å². The number of benzene rings is 1. The van der Waals surface area contributed by atoms with Gasteiger partial charge in [0.2, 0.25) is 0 Å². The van der Waals surface area contributed by atoms with Crippen LogP contribution in [-0.4, -0.2) is 12.8 Å². The highest BCUT2D eigenvalue weighted by molar-refractivity contribution is 6.34. The van der Waals surface area contributed by atoms with E-state index in [-0.39, 0.29) is 0 Å². The largest absolute Gasteiger partial charge is 0.313 e. The average molecular weight is 183 g/mol. The predicted molar refractivity (Wildman–Crippen MR) is 52.7 cm³/mol. The van der Waals surface area contributed by atoms with Gasteiger partial charge >= 0.3 is 0 Å². The van der Waals surface area contributed by atoms with Crippen molar-refractivity contribution in [3.05, 3.63) is 34.9 Å². The van der Waals surface area contributed by atoms with Gasteiger partial charge in [-0.25, -0.2) is 0 Å². The van der Waals surface area contributed by atoms with Crippen LogP contribution in [0.25, 0.3) is 0 Å². The van der Waals surface area contributed by atoms with Gasteiger partial charge < -0.3 is 5.43 Å². The summed E-state index contributed by atoms with van der Waals surface area (Å²) in [6.45, 7) is 1.91. The van der Waals surface area contributed by atoms with Crippen LogP contribution in [0.1, 0.15) is 12.5 Å². The molecule has 0 unspecified atom stereocenters. The summed E-state index contributed by atoms with van der Waals surface area (Å²) in [5.41, 5.74) is 4.58. The molecule has 1 N–H and O–H groups in total. The van der Waals surface area contributed by atoms with E-state index in [0.717, 1.165) is 16.3 Å². The fraction of sp³-hybridized carbons (Fsp3) is 0.222. The average Bonchev–Trinajstić information content (AvgIpc) is 2.05. The lowest BCUT2D eigenvalue weighted by molar-refractivity contribution is 0.900. The Morgan fingerprint density at radius 3 is 2.67 bits per heavy atom. The summed E-state index contributed by atoms with van der Waals surface area (Å²) in [6, 6.07) is 7.64. The van der Waals surface area contributed by atoms with Crippen LogP contribution in [0.2, 0.25) is 5.02 Å². The van der Waals surface area contributed by atoms with Crippen LogP contribution in [0.4, 0.5) is 0 Å². The minimum atomic E-state index is 0.731. The SMILES string of the molecule is CN/N=C(/C)c1ccccc1Cl. The molecular weight excluding hydrogens is 172 g/mol. The second-order valence-corrected chi connectivity index (χ2v) is 2.81. The summed E-state index contributed by atoms with van der Waals surface area (Å²) in [5, 5.41) is 4.77. The summed E-state index contributed by atoms with van der Waals surface area (Å²) in [7, 11) is 1.76. The third kappa shape index (κ3) is 1.98. The fourth-order valence-electron chi connectivity index (χ4n) is 0.983. The van der Waals surface area contributed by atoms with Gasteiger partial charge in [0.05, 0.1) is 5.71 Å². The standard InChI is InChI=1S/C9H11ClN2/c1-7(12-11-2)8-5-3-4-6-9(8)10/h3-6,11H,1-2H3/b12-7-. The zero-order valence-electron chi connectivity index (χ0n) is 7.13. The molecule has 1 rings (SSSR count). The molecular formula is C9H11ClN2. The van der Waals surface area contributed by atoms with Gasteiger partial charge in [0, 0.05) is 17.6 Å². The van der Waals surface area contributed by atoms with E-state index >= 15 is 0 Å². The molecule has 0 saturated heterocycles. The lowest BCUT2D eigenvalue weighted by Crippen LogP contribution is -2.03. The smallest absolute Gasteiger partial charge is 0.0659 e. The Labute approximate surface area is 77.2 Å².